The summed E-state index contributed by atoms with van der Waals surface area (Å²) < 4.78 is 0. The number of pyridine rings is 1. The highest BCUT2D eigenvalue weighted by Crippen LogP contribution is 2.25. The second-order valence-electron chi connectivity index (χ2n) is 5.35. The molecule has 0 radical (unpaired) electrons. The van der Waals surface area contributed by atoms with Crippen molar-refractivity contribution in [2.75, 3.05) is 23.7 Å². The monoisotopic (exact) mass is 295 g/mol. The Morgan fingerprint density at radius 1 is 1.43 bits per heavy atom. The predicted molar refractivity (Wildman–Crippen MR) is 81.1 cm³/mol. The van der Waals surface area contributed by atoms with Gasteiger partial charge in [0.1, 0.15) is 5.82 Å². The molecule has 8 heteroatoms. The van der Waals surface area contributed by atoms with Gasteiger partial charge in [-0.25, -0.2) is 4.98 Å². The lowest BCUT2D eigenvalue weighted by Gasteiger charge is -2.21. The van der Waals surface area contributed by atoms with Crippen LogP contribution in [-0.4, -0.2) is 28.9 Å². The van der Waals surface area contributed by atoms with Crippen LogP contribution < -0.4 is 16.4 Å². The summed E-state index contributed by atoms with van der Waals surface area (Å²) in [5.41, 5.74) is 4.31. The van der Waals surface area contributed by atoms with E-state index in [0.717, 1.165) is 13.0 Å². The molecule has 0 aliphatic rings. The summed E-state index contributed by atoms with van der Waals surface area (Å²) in [5, 5.41) is 16.9. The average Bonchev–Trinajstić information content (AvgIpc) is 2.42. The number of nitro groups is 1. The van der Waals surface area contributed by atoms with Gasteiger partial charge in [-0.3, -0.25) is 14.9 Å². The van der Waals surface area contributed by atoms with Gasteiger partial charge in [0, 0.05) is 19.2 Å². The SMILES string of the molecule is CCCNc1ccc([N+](=O)[O-])c(NCC(C)(C)C(N)=O)n1. The van der Waals surface area contributed by atoms with E-state index in [0.29, 0.717) is 5.82 Å². The zero-order valence-corrected chi connectivity index (χ0v) is 12.5. The molecule has 116 valence electrons. The van der Waals surface area contributed by atoms with E-state index in [9.17, 15) is 14.9 Å². The molecule has 8 nitrogen and oxygen atoms in total. The number of nitrogens with one attached hydrogen (secondary N) is 2. The number of amides is 1. The van der Waals surface area contributed by atoms with Gasteiger partial charge >= 0.3 is 5.69 Å². The van der Waals surface area contributed by atoms with Crippen LogP contribution in [0.1, 0.15) is 27.2 Å². The fourth-order valence-corrected chi connectivity index (χ4v) is 1.47. The van der Waals surface area contributed by atoms with Crippen LogP contribution in [0.15, 0.2) is 12.1 Å². The van der Waals surface area contributed by atoms with Crippen LogP contribution in [0, 0.1) is 15.5 Å². The summed E-state index contributed by atoms with van der Waals surface area (Å²) >= 11 is 0. The van der Waals surface area contributed by atoms with E-state index in [4.69, 9.17) is 5.73 Å². The molecule has 1 heterocycles. The van der Waals surface area contributed by atoms with E-state index in [2.05, 4.69) is 15.6 Å². The molecule has 0 aromatic carbocycles. The second kappa shape index (κ2) is 6.87. The number of hydrogen-bond donors (Lipinski definition) is 3. The maximum Gasteiger partial charge on any atom is 0.311 e. The van der Waals surface area contributed by atoms with E-state index in [1.807, 2.05) is 6.92 Å². The number of rotatable bonds is 8. The molecule has 1 rings (SSSR count). The lowest BCUT2D eigenvalue weighted by Crippen LogP contribution is -2.37. The molecule has 4 N–H and O–H groups in total. The van der Waals surface area contributed by atoms with Gasteiger partial charge in [0.15, 0.2) is 0 Å². The highest BCUT2D eigenvalue weighted by molar-refractivity contribution is 5.80. The summed E-state index contributed by atoms with van der Waals surface area (Å²) in [7, 11) is 0. The van der Waals surface area contributed by atoms with Crippen molar-refractivity contribution in [1.29, 1.82) is 0 Å². The molecule has 0 saturated carbocycles. The van der Waals surface area contributed by atoms with Crippen LogP contribution in [0.5, 0.6) is 0 Å². The third-order valence-electron chi connectivity index (χ3n) is 2.99. The van der Waals surface area contributed by atoms with Gasteiger partial charge in [-0.05, 0) is 26.3 Å². The Morgan fingerprint density at radius 3 is 2.62 bits per heavy atom. The smallest absolute Gasteiger partial charge is 0.311 e. The zero-order valence-electron chi connectivity index (χ0n) is 12.5. The highest BCUT2D eigenvalue weighted by atomic mass is 16.6. The van der Waals surface area contributed by atoms with Crippen molar-refractivity contribution in [3.63, 3.8) is 0 Å². The molecule has 1 aromatic rings. The topological polar surface area (TPSA) is 123 Å². The van der Waals surface area contributed by atoms with E-state index < -0.39 is 16.2 Å². The summed E-state index contributed by atoms with van der Waals surface area (Å²) in [5.74, 6) is 0.176. The lowest BCUT2D eigenvalue weighted by atomic mass is 9.93. The Labute approximate surface area is 123 Å². The molecule has 0 saturated heterocycles. The van der Waals surface area contributed by atoms with Crippen LogP contribution in [0.3, 0.4) is 0 Å². The third-order valence-corrected chi connectivity index (χ3v) is 2.99. The summed E-state index contributed by atoms with van der Waals surface area (Å²) in [6.07, 6.45) is 0.913. The first-order valence-electron chi connectivity index (χ1n) is 6.71. The molecule has 0 aliphatic carbocycles. The summed E-state index contributed by atoms with van der Waals surface area (Å²) in [4.78, 5) is 26.0. The Bertz CT molecular complexity index is 531. The standard InChI is InChI=1S/C13H21N5O3/c1-4-7-15-10-6-5-9(18(20)21)11(17-10)16-8-13(2,3)12(14)19/h5-6H,4,7-8H2,1-3H3,(H2,14,19)(H2,15,16,17). The van der Waals surface area contributed by atoms with E-state index in [-0.39, 0.29) is 18.1 Å². The fourth-order valence-electron chi connectivity index (χ4n) is 1.47. The van der Waals surface area contributed by atoms with Gasteiger partial charge in [0.25, 0.3) is 0 Å². The summed E-state index contributed by atoms with van der Waals surface area (Å²) in [6.45, 7) is 6.21. The first-order chi connectivity index (χ1) is 9.77. The van der Waals surface area contributed by atoms with Crippen molar-refractivity contribution < 1.29 is 9.72 Å². The molecule has 21 heavy (non-hydrogen) atoms. The second-order valence-corrected chi connectivity index (χ2v) is 5.35. The van der Waals surface area contributed by atoms with E-state index >= 15 is 0 Å². The predicted octanol–water partition coefficient (Wildman–Crippen LogP) is 1.74. The first-order valence-corrected chi connectivity index (χ1v) is 6.71. The largest absolute Gasteiger partial charge is 0.370 e. The Morgan fingerprint density at radius 2 is 2.10 bits per heavy atom. The average molecular weight is 295 g/mol. The highest BCUT2D eigenvalue weighted by Gasteiger charge is 2.26. The Balaban J connectivity index is 2.95. The molecule has 0 atom stereocenters. The van der Waals surface area contributed by atoms with Gasteiger partial charge in [0.05, 0.1) is 10.3 Å². The normalized spacial score (nSPS) is 11.0. The van der Waals surface area contributed by atoms with Gasteiger partial charge in [-0.1, -0.05) is 6.92 Å². The maximum absolute atomic E-state index is 11.3. The Hall–Kier alpha value is -2.38. The molecule has 1 amide bonds. The maximum atomic E-state index is 11.3. The van der Waals surface area contributed by atoms with E-state index in [1.54, 1.807) is 19.9 Å². The molecule has 0 bridgehead atoms. The minimum absolute atomic E-state index is 0.121. The molecule has 0 aliphatic heterocycles. The number of carbonyl (C=O) groups is 1. The number of primary amides is 1. The van der Waals surface area contributed by atoms with Crippen LogP contribution in [0.4, 0.5) is 17.3 Å². The van der Waals surface area contributed by atoms with Gasteiger partial charge in [-0.2, -0.15) is 0 Å². The van der Waals surface area contributed by atoms with Crippen LogP contribution >= 0.6 is 0 Å². The van der Waals surface area contributed by atoms with Crippen LogP contribution in [0.2, 0.25) is 0 Å². The molecule has 0 fully saturated rings. The van der Waals surface area contributed by atoms with Crippen molar-refractivity contribution in [2.45, 2.75) is 27.2 Å². The van der Waals surface area contributed by atoms with Crippen LogP contribution in [0.25, 0.3) is 0 Å². The minimum atomic E-state index is -0.831. The van der Waals surface area contributed by atoms with Crippen molar-refractivity contribution in [1.82, 2.24) is 4.98 Å². The quantitative estimate of drug-likeness (QED) is 0.495. The zero-order chi connectivity index (χ0) is 16.0. The van der Waals surface area contributed by atoms with Crippen molar-refractivity contribution in [2.24, 2.45) is 11.1 Å². The number of carbonyl (C=O) groups excluding carboxylic acids is 1. The van der Waals surface area contributed by atoms with Gasteiger partial charge < -0.3 is 16.4 Å². The molecular formula is C13H21N5O3. The van der Waals surface area contributed by atoms with E-state index in [1.165, 1.54) is 6.07 Å². The number of aromatic nitrogens is 1. The van der Waals surface area contributed by atoms with Gasteiger partial charge in [0.2, 0.25) is 11.7 Å². The minimum Gasteiger partial charge on any atom is -0.370 e. The van der Waals surface area contributed by atoms with Crippen molar-refractivity contribution in [3.8, 4) is 0 Å². The van der Waals surface area contributed by atoms with Gasteiger partial charge in [-0.15, -0.1) is 0 Å². The third kappa shape index (κ3) is 4.59. The van der Waals surface area contributed by atoms with Crippen molar-refractivity contribution >= 4 is 23.2 Å². The first kappa shape index (κ1) is 16.7. The Kier molecular flexibility index (Phi) is 5.45. The lowest BCUT2D eigenvalue weighted by molar-refractivity contribution is -0.384. The number of anilines is 2. The van der Waals surface area contributed by atoms with Crippen LogP contribution in [-0.2, 0) is 4.79 Å². The molecule has 1 aromatic heterocycles. The molecule has 0 spiro atoms. The molecule has 0 unspecified atom stereocenters. The number of nitrogens with zero attached hydrogens (tertiary/aromatic N) is 2. The summed E-state index contributed by atoms with van der Waals surface area (Å²) in [6, 6.07) is 2.93. The molecular weight excluding hydrogens is 274 g/mol. The number of nitrogens with two attached hydrogens (primary N) is 1. The number of hydrogen-bond acceptors (Lipinski definition) is 6. The van der Waals surface area contributed by atoms with Crippen molar-refractivity contribution in [3.05, 3.63) is 22.2 Å². The fraction of sp³-hybridized carbons (Fsp3) is 0.538.